The first kappa shape index (κ1) is 14.3. The Morgan fingerprint density at radius 3 is 2.48 bits per heavy atom. The first-order valence-corrected chi connectivity index (χ1v) is 7.66. The van der Waals surface area contributed by atoms with Crippen LogP contribution in [0.4, 0.5) is 0 Å². The molecule has 1 aromatic carbocycles. The van der Waals surface area contributed by atoms with E-state index < -0.39 is 0 Å². The third-order valence-electron chi connectivity index (χ3n) is 6.03. The molecular formula is C18H22O3. The SMILES string of the molecule is CC1(C)[C@H]2CC[C@]1(C)C(=O)[C@@H]2CC(=O)Oc1ccccc1. The molecule has 0 N–H and O–H groups in total. The Hall–Kier alpha value is -1.64. The molecule has 2 fully saturated rings. The number of hydrogen-bond donors (Lipinski definition) is 0. The van der Waals surface area contributed by atoms with Crippen LogP contribution in [0.15, 0.2) is 30.3 Å². The highest BCUT2D eigenvalue weighted by Crippen LogP contribution is 2.66. The van der Waals surface area contributed by atoms with E-state index in [0.717, 1.165) is 12.8 Å². The van der Waals surface area contributed by atoms with E-state index in [1.807, 2.05) is 18.2 Å². The number of benzene rings is 1. The normalized spacial score (nSPS) is 33.2. The second-order valence-electron chi connectivity index (χ2n) is 7.16. The minimum Gasteiger partial charge on any atom is -0.427 e. The molecule has 0 spiro atoms. The number of rotatable bonds is 3. The van der Waals surface area contributed by atoms with Gasteiger partial charge in [0.1, 0.15) is 11.5 Å². The van der Waals surface area contributed by atoms with Crippen molar-refractivity contribution in [1.29, 1.82) is 0 Å². The molecule has 3 atom stereocenters. The minimum absolute atomic E-state index is 0.0121. The maximum absolute atomic E-state index is 12.7. The van der Waals surface area contributed by atoms with E-state index in [-0.39, 0.29) is 34.9 Å². The molecule has 112 valence electrons. The molecule has 0 amide bonds. The fourth-order valence-electron chi connectivity index (χ4n) is 4.35. The van der Waals surface area contributed by atoms with E-state index in [1.165, 1.54) is 0 Å². The average molecular weight is 286 g/mol. The summed E-state index contributed by atoms with van der Waals surface area (Å²) >= 11 is 0. The van der Waals surface area contributed by atoms with E-state index in [1.54, 1.807) is 12.1 Å². The Morgan fingerprint density at radius 2 is 1.90 bits per heavy atom. The molecule has 2 bridgehead atoms. The van der Waals surface area contributed by atoms with Gasteiger partial charge < -0.3 is 4.74 Å². The molecule has 0 aromatic heterocycles. The van der Waals surface area contributed by atoms with Gasteiger partial charge >= 0.3 is 5.97 Å². The summed E-state index contributed by atoms with van der Waals surface area (Å²) in [6, 6.07) is 9.04. The summed E-state index contributed by atoms with van der Waals surface area (Å²) < 4.78 is 5.34. The number of Topliss-reactive ketones (excluding diaryl/α,β-unsaturated/α-hetero) is 1. The van der Waals surface area contributed by atoms with Gasteiger partial charge in [0.05, 0.1) is 6.42 Å². The summed E-state index contributed by atoms with van der Waals surface area (Å²) in [6.07, 6.45) is 2.20. The van der Waals surface area contributed by atoms with E-state index in [2.05, 4.69) is 20.8 Å². The van der Waals surface area contributed by atoms with Gasteiger partial charge in [0.15, 0.2) is 0 Å². The highest BCUT2D eigenvalue weighted by Gasteiger charge is 2.66. The molecule has 3 heteroatoms. The average Bonchev–Trinajstić information content (AvgIpc) is 2.74. The number of carbonyl (C=O) groups excluding carboxylic acids is 2. The highest BCUT2D eigenvalue weighted by molar-refractivity contribution is 5.94. The zero-order valence-corrected chi connectivity index (χ0v) is 12.9. The number of esters is 1. The second kappa shape index (κ2) is 4.69. The summed E-state index contributed by atoms with van der Waals surface area (Å²) in [7, 11) is 0. The van der Waals surface area contributed by atoms with Gasteiger partial charge in [-0.3, -0.25) is 9.59 Å². The van der Waals surface area contributed by atoms with Crippen LogP contribution < -0.4 is 4.74 Å². The van der Waals surface area contributed by atoms with Crippen molar-refractivity contribution in [1.82, 2.24) is 0 Å². The molecule has 2 saturated carbocycles. The fourth-order valence-corrected chi connectivity index (χ4v) is 4.35. The maximum Gasteiger partial charge on any atom is 0.311 e. The number of ether oxygens (including phenoxy) is 1. The van der Waals surface area contributed by atoms with Crippen LogP contribution in [-0.4, -0.2) is 11.8 Å². The Morgan fingerprint density at radius 1 is 1.24 bits per heavy atom. The molecule has 1 aromatic rings. The Balaban J connectivity index is 1.72. The van der Waals surface area contributed by atoms with Crippen molar-refractivity contribution in [2.24, 2.45) is 22.7 Å². The first-order valence-electron chi connectivity index (χ1n) is 7.66. The van der Waals surface area contributed by atoms with E-state index in [4.69, 9.17) is 4.74 Å². The Bertz CT molecular complexity index is 575. The number of fused-ring (bicyclic) bond motifs is 2. The molecule has 2 aliphatic rings. The van der Waals surface area contributed by atoms with Gasteiger partial charge in [0.25, 0.3) is 0 Å². The second-order valence-corrected chi connectivity index (χ2v) is 7.16. The van der Waals surface area contributed by atoms with Gasteiger partial charge in [-0.2, -0.15) is 0 Å². The topological polar surface area (TPSA) is 43.4 Å². The lowest BCUT2D eigenvalue weighted by molar-refractivity contribution is -0.140. The highest BCUT2D eigenvalue weighted by atomic mass is 16.5. The van der Waals surface area contributed by atoms with Gasteiger partial charge in [-0.15, -0.1) is 0 Å². The van der Waals surface area contributed by atoms with Crippen LogP contribution in [0.1, 0.15) is 40.0 Å². The van der Waals surface area contributed by atoms with Gasteiger partial charge in [0.2, 0.25) is 0 Å². The molecule has 3 nitrogen and oxygen atoms in total. The number of para-hydroxylation sites is 1. The summed E-state index contributed by atoms with van der Waals surface area (Å²) in [5.74, 6) is 0.636. The molecule has 0 aliphatic heterocycles. The number of ketones is 1. The third-order valence-corrected chi connectivity index (χ3v) is 6.03. The van der Waals surface area contributed by atoms with Crippen molar-refractivity contribution in [2.75, 3.05) is 0 Å². The zero-order valence-electron chi connectivity index (χ0n) is 12.9. The first-order chi connectivity index (χ1) is 9.86. The maximum atomic E-state index is 12.7. The summed E-state index contributed by atoms with van der Waals surface area (Å²) in [4.78, 5) is 24.8. The van der Waals surface area contributed by atoms with Gasteiger partial charge in [0, 0.05) is 11.3 Å². The molecule has 3 rings (SSSR count). The van der Waals surface area contributed by atoms with Crippen LogP contribution >= 0.6 is 0 Å². The third kappa shape index (κ3) is 2.02. The van der Waals surface area contributed by atoms with Gasteiger partial charge in [-0.25, -0.2) is 0 Å². The lowest BCUT2D eigenvalue weighted by atomic mass is 9.70. The standard InChI is InChI=1S/C18H22O3/c1-17(2)14-9-10-18(17,3)16(20)13(14)11-15(19)21-12-7-5-4-6-8-12/h4-8,13-14H,9-11H2,1-3H3/t13-,14+,18-/m1/s1. The molecular weight excluding hydrogens is 264 g/mol. The van der Waals surface area contributed by atoms with Crippen LogP contribution in [0.2, 0.25) is 0 Å². The summed E-state index contributed by atoms with van der Waals surface area (Å²) in [6.45, 7) is 6.41. The van der Waals surface area contributed by atoms with Crippen molar-refractivity contribution in [3.8, 4) is 5.75 Å². The monoisotopic (exact) mass is 286 g/mol. The van der Waals surface area contributed by atoms with Crippen molar-refractivity contribution in [2.45, 2.75) is 40.0 Å². The summed E-state index contributed by atoms with van der Waals surface area (Å²) in [5, 5.41) is 0. The van der Waals surface area contributed by atoms with Crippen molar-refractivity contribution in [3.63, 3.8) is 0 Å². The smallest absolute Gasteiger partial charge is 0.311 e. The van der Waals surface area contributed by atoms with E-state index in [0.29, 0.717) is 11.7 Å². The molecule has 2 aliphatic carbocycles. The molecule has 0 radical (unpaired) electrons. The lowest BCUT2D eigenvalue weighted by Gasteiger charge is -2.32. The largest absolute Gasteiger partial charge is 0.427 e. The number of carbonyl (C=O) groups is 2. The zero-order chi connectivity index (χ0) is 15.3. The molecule has 21 heavy (non-hydrogen) atoms. The van der Waals surface area contributed by atoms with Crippen LogP contribution in [-0.2, 0) is 9.59 Å². The summed E-state index contributed by atoms with van der Waals surface area (Å²) in [5.41, 5.74) is -0.281. The van der Waals surface area contributed by atoms with Crippen LogP contribution in [0.25, 0.3) is 0 Å². The quantitative estimate of drug-likeness (QED) is 0.629. The molecule has 0 unspecified atom stereocenters. The minimum atomic E-state index is -0.300. The van der Waals surface area contributed by atoms with Crippen molar-refractivity contribution < 1.29 is 14.3 Å². The predicted octanol–water partition coefficient (Wildman–Crippen LogP) is 3.62. The van der Waals surface area contributed by atoms with Crippen molar-refractivity contribution >= 4 is 11.8 Å². The van der Waals surface area contributed by atoms with Crippen molar-refractivity contribution in [3.05, 3.63) is 30.3 Å². The van der Waals surface area contributed by atoms with Crippen LogP contribution in [0, 0.1) is 22.7 Å². The van der Waals surface area contributed by atoms with Crippen LogP contribution in [0.3, 0.4) is 0 Å². The van der Waals surface area contributed by atoms with Crippen LogP contribution in [0.5, 0.6) is 5.75 Å². The lowest BCUT2D eigenvalue weighted by Crippen LogP contribution is -2.34. The Labute approximate surface area is 125 Å². The Kier molecular flexibility index (Phi) is 3.19. The van der Waals surface area contributed by atoms with Gasteiger partial charge in [-0.05, 0) is 36.3 Å². The number of hydrogen-bond acceptors (Lipinski definition) is 3. The molecule has 0 saturated heterocycles. The molecule has 0 heterocycles. The van der Waals surface area contributed by atoms with E-state index >= 15 is 0 Å². The fraction of sp³-hybridized carbons (Fsp3) is 0.556. The predicted molar refractivity (Wildman–Crippen MR) is 79.8 cm³/mol. The van der Waals surface area contributed by atoms with Gasteiger partial charge in [-0.1, -0.05) is 39.0 Å². The van der Waals surface area contributed by atoms with E-state index in [9.17, 15) is 9.59 Å².